The topological polar surface area (TPSA) is 53.6 Å². The predicted octanol–water partition coefficient (Wildman–Crippen LogP) is 4.20. The fraction of sp³-hybridized carbons (Fsp3) is 0.333. The van der Waals surface area contributed by atoms with Gasteiger partial charge in [-0.1, -0.05) is 25.1 Å². The molecule has 0 aromatic heterocycles. The molecule has 0 spiro atoms. The van der Waals surface area contributed by atoms with Crippen molar-refractivity contribution in [3.05, 3.63) is 54.1 Å². The minimum Gasteiger partial charge on any atom is -0.494 e. The molecule has 142 valence electrons. The standard InChI is InChI=1S/C21H25N3O2S/c1-2-14-26-17-9-7-8-16(15-17)20(25)23-21(27)22-18-10-3-4-11-19(18)24-12-5-6-13-24/h3-4,7-11,15H,2,5-6,12-14H2,1H3,(H2,22,23,25,27). The van der Waals surface area contributed by atoms with Crippen LogP contribution in [0.1, 0.15) is 36.5 Å². The highest BCUT2D eigenvalue weighted by Gasteiger charge is 2.16. The largest absolute Gasteiger partial charge is 0.494 e. The Morgan fingerprint density at radius 2 is 1.93 bits per heavy atom. The van der Waals surface area contributed by atoms with Gasteiger partial charge in [-0.2, -0.15) is 0 Å². The molecule has 3 rings (SSSR count). The molecule has 1 aliphatic rings. The van der Waals surface area contributed by atoms with Crippen molar-refractivity contribution in [1.29, 1.82) is 0 Å². The van der Waals surface area contributed by atoms with Crippen molar-refractivity contribution in [2.45, 2.75) is 26.2 Å². The molecule has 1 heterocycles. The molecule has 2 N–H and O–H groups in total. The smallest absolute Gasteiger partial charge is 0.257 e. The van der Waals surface area contributed by atoms with Gasteiger partial charge < -0.3 is 15.0 Å². The second-order valence-corrected chi connectivity index (χ2v) is 6.90. The molecule has 1 aliphatic heterocycles. The number of thiocarbonyl (C=S) groups is 1. The lowest BCUT2D eigenvalue weighted by atomic mass is 10.2. The molecule has 5 nitrogen and oxygen atoms in total. The van der Waals surface area contributed by atoms with E-state index >= 15 is 0 Å². The molecule has 2 aromatic carbocycles. The molecule has 1 amide bonds. The molecule has 0 saturated carbocycles. The Hall–Kier alpha value is -2.60. The lowest BCUT2D eigenvalue weighted by molar-refractivity contribution is 0.0977. The van der Waals surface area contributed by atoms with Gasteiger partial charge in [-0.25, -0.2) is 0 Å². The SMILES string of the molecule is CCCOc1cccc(C(=O)NC(=S)Nc2ccccc2N2CCCC2)c1. The van der Waals surface area contributed by atoms with Gasteiger partial charge >= 0.3 is 0 Å². The first kappa shape index (κ1) is 19.2. The van der Waals surface area contributed by atoms with Crippen LogP contribution in [-0.2, 0) is 0 Å². The number of para-hydroxylation sites is 2. The first-order valence-electron chi connectivity index (χ1n) is 9.36. The van der Waals surface area contributed by atoms with E-state index in [-0.39, 0.29) is 11.0 Å². The molecular formula is C21H25N3O2S. The maximum Gasteiger partial charge on any atom is 0.257 e. The predicted molar refractivity (Wildman–Crippen MR) is 114 cm³/mol. The van der Waals surface area contributed by atoms with Crippen LogP contribution >= 0.6 is 12.2 Å². The number of nitrogens with zero attached hydrogens (tertiary/aromatic N) is 1. The number of carbonyl (C=O) groups is 1. The first-order valence-corrected chi connectivity index (χ1v) is 9.77. The lowest BCUT2D eigenvalue weighted by Crippen LogP contribution is -2.34. The van der Waals surface area contributed by atoms with E-state index in [4.69, 9.17) is 17.0 Å². The van der Waals surface area contributed by atoms with Crippen molar-refractivity contribution in [1.82, 2.24) is 5.32 Å². The molecule has 0 aliphatic carbocycles. The maximum absolute atomic E-state index is 12.5. The molecule has 27 heavy (non-hydrogen) atoms. The van der Waals surface area contributed by atoms with Crippen molar-refractivity contribution in [3.8, 4) is 5.75 Å². The molecule has 0 radical (unpaired) electrons. The summed E-state index contributed by atoms with van der Waals surface area (Å²) < 4.78 is 5.59. The lowest BCUT2D eigenvalue weighted by Gasteiger charge is -2.22. The Bertz CT molecular complexity index is 804. The number of nitrogens with one attached hydrogen (secondary N) is 2. The number of hydrogen-bond donors (Lipinski definition) is 2. The van der Waals surface area contributed by atoms with Gasteiger partial charge in [0.25, 0.3) is 5.91 Å². The number of carbonyl (C=O) groups excluding carboxylic acids is 1. The van der Waals surface area contributed by atoms with E-state index < -0.39 is 0 Å². The number of anilines is 2. The Morgan fingerprint density at radius 3 is 2.70 bits per heavy atom. The van der Waals surface area contributed by atoms with E-state index in [9.17, 15) is 4.79 Å². The zero-order valence-corrected chi connectivity index (χ0v) is 16.3. The molecule has 0 bridgehead atoms. The van der Waals surface area contributed by atoms with Crippen molar-refractivity contribution in [2.75, 3.05) is 29.9 Å². The second-order valence-electron chi connectivity index (χ2n) is 6.50. The Labute approximate surface area is 165 Å². The number of ether oxygens (including phenoxy) is 1. The van der Waals surface area contributed by atoms with Gasteiger partial charge in [0.05, 0.1) is 18.0 Å². The summed E-state index contributed by atoms with van der Waals surface area (Å²) in [6, 6.07) is 15.1. The van der Waals surface area contributed by atoms with Crippen LogP contribution in [0.2, 0.25) is 0 Å². The van der Waals surface area contributed by atoms with Gasteiger partial charge in [0, 0.05) is 18.7 Å². The van der Waals surface area contributed by atoms with Gasteiger partial charge in [-0.05, 0) is 61.8 Å². The Morgan fingerprint density at radius 1 is 1.15 bits per heavy atom. The molecule has 0 unspecified atom stereocenters. The summed E-state index contributed by atoms with van der Waals surface area (Å²) in [6.07, 6.45) is 3.32. The maximum atomic E-state index is 12.5. The van der Waals surface area contributed by atoms with Crippen LogP contribution in [0.3, 0.4) is 0 Å². The Kier molecular flexibility index (Phi) is 6.65. The fourth-order valence-electron chi connectivity index (χ4n) is 3.09. The van der Waals surface area contributed by atoms with Gasteiger partial charge in [0.2, 0.25) is 0 Å². The summed E-state index contributed by atoms with van der Waals surface area (Å²) in [5, 5.41) is 6.20. The van der Waals surface area contributed by atoms with Crippen molar-refractivity contribution >= 4 is 34.6 Å². The van der Waals surface area contributed by atoms with Crippen LogP contribution in [-0.4, -0.2) is 30.7 Å². The van der Waals surface area contributed by atoms with Crippen molar-refractivity contribution in [3.63, 3.8) is 0 Å². The normalized spacial score (nSPS) is 13.3. The third-order valence-electron chi connectivity index (χ3n) is 4.40. The average Bonchev–Trinajstić information content (AvgIpc) is 3.21. The average molecular weight is 384 g/mol. The van der Waals surface area contributed by atoms with Gasteiger partial charge in [0.15, 0.2) is 5.11 Å². The first-order chi connectivity index (χ1) is 13.2. The van der Waals surface area contributed by atoms with Gasteiger partial charge in [0.1, 0.15) is 5.75 Å². The van der Waals surface area contributed by atoms with Crippen molar-refractivity contribution in [2.24, 2.45) is 0 Å². The van der Waals surface area contributed by atoms with E-state index in [1.165, 1.54) is 12.8 Å². The highest BCUT2D eigenvalue weighted by atomic mass is 32.1. The summed E-state index contributed by atoms with van der Waals surface area (Å²) in [7, 11) is 0. The van der Waals surface area contributed by atoms with Crippen molar-refractivity contribution < 1.29 is 9.53 Å². The summed E-state index contributed by atoms with van der Waals surface area (Å²) >= 11 is 5.36. The minimum atomic E-state index is -0.256. The van der Waals surface area contributed by atoms with E-state index in [1.807, 2.05) is 31.2 Å². The van der Waals surface area contributed by atoms with Crippen LogP contribution in [0.5, 0.6) is 5.75 Å². The van der Waals surface area contributed by atoms with Gasteiger partial charge in [-0.3, -0.25) is 10.1 Å². The number of rotatable bonds is 6. The molecule has 0 atom stereocenters. The zero-order chi connectivity index (χ0) is 19.1. The minimum absolute atomic E-state index is 0.256. The quantitative estimate of drug-likeness (QED) is 0.732. The summed E-state index contributed by atoms with van der Waals surface area (Å²) in [5.41, 5.74) is 2.53. The van der Waals surface area contributed by atoms with E-state index in [0.717, 1.165) is 30.9 Å². The summed E-state index contributed by atoms with van der Waals surface area (Å²) in [5.74, 6) is 0.427. The third kappa shape index (κ3) is 5.20. The van der Waals surface area contributed by atoms with Crippen LogP contribution in [0.15, 0.2) is 48.5 Å². The molecule has 1 saturated heterocycles. The highest BCUT2D eigenvalue weighted by molar-refractivity contribution is 7.80. The van der Waals surface area contributed by atoms with Gasteiger partial charge in [-0.15, -0.1) is 0 Å². The third-order valence-corrected chi connectivity index (χ3v) is 4.60. The Balaban J connectivity index is 1.63. The molecular weight excluding hydrogens is 358 g/mol. The van der Waals surface area contributed by atoms with E-state index in [0.29, 0.717) is 17.9 Å². The number of amides is 1. The van der Waals surface area contributed by atoms with Crippen LogP contribution in [0.4, 0.5) is 11.4 Å². The van der Waals surface area contributed by atoms with Crippen LogP contribution in [0, 0.1) is 0 Å². The summed E-state index contributed by atoms with van der Waals surface area (Å²) in [6.45, 7) is 4.75. The van der Waals surface area contributed by atoms with E-state index in [2.05, 4.69) is 21.6 Å². The molecule has 6 heteroatoms. The second kappa shape index (κ2) is 9.37. The number of benzene rings is 2. The monoisotopic (exact) mass is 383 g/mol. The zero-order valence-electron chi connectivity index (χ0n) is 15.5. The van der Waals surface area contributed by atoms with Crippen LogP contribution in [0.25, 0.3) is 0 Å². The highest BCUT2D eigenvalue weighted by Crippen LogP contribution is 2.28. The number of hydrogen-bond acceptors (Lipinski definition) is 4. The van der Waals surface area contributed by atoms with E-state index in [1.54, 1.807) is 18.2 Å². The summed E-state index contributed by atoms with van der Waals surface area (Å²) in [4.78, 5) is 14.8. The molecule has 2 aromatic rings. The fourth-order valence-corrected chi connectivity index (χ4v) is 3.29. The van der Waals surface area contributed by atoms with Crippen LogP contribution < -0.4 is 20.3 Å². The molecule has 1 fully saturated rings.